The van der Waals surface area contributed by atoms with Gasteiger partial charge in [0, 0.05) is 70.0 Å². The van der Waals surface area contributed by atoms with E-state index in [1.165, 1.54) is 0 Å². The molecule has 2 N–H and O–H groups in total. The van der Waals surface area contributed by atoms with Crippen molar-refractivity contribution in [3.8, 4) is 0 Å². The number of likely N-dealkylation sites (tertiary alicyclic amines) is 1. The molecule has 2 fully saturated rings. The molecule has 1 unspecified atom stereocenters. The van der Waals surface area contributed by atoms with Gasteiger partial charge in [0.05, 0.1) is 0 Å². The van der Waals surface area contributed by atoms with Crippen LogP contribution < -0.4 is 16.2 Å². The minimum atomic E-state index is -0.482. The van der Waals surface area contributed by atoms with E-state index in [4.69, 9.17) is 0 Å². The number of piperazine rings is 1. The molecule has 1 atom stereocenters. The minimum Gasteiger partial charge on any atom is -0.352 e. The number of aromatic nitrogens is 2. The number of likely N-dealkylation sites (N-methyl/N-ethyl adjacent to an activating group) is 1. The van der Waals surface area contributed by atoms with Crippen molar-refractivity contribution in [1.29, 1.82) is 0 Å². The number of amides is 3. The lowest BCUT2D eigenvalue weighted by Crippen LogP contribution is -2.45. The fraction of sp³-hybridized carbons (Fsp3) is 0.739. The summed E-state index contributed by atoms with van der Waals surface area (Å²) < 4.78 is 1.93. The number of aryl methyl sites for hydroxylation is 1. The summed E-state index contributed by atoms with van der Waals surface area (Å²) in [5, 5.41) is 5.83. The van der Waals surface area contributed by atoms with E-state index >= 15 is 0 Å². The largest absolute Gasteiger partial charge is 0.352 e. The number of carbonyl (C=O) groups excluding carboxylic acids is 2. The predicted octanol–water partition coefficient (Wildman–Crippen LogP) is 0.0758. The Morgan fingerprint density at radius 1 is 1.12 bits per heavy atom. The van der Waals surface area contributed by atoms with E-state index in [-0.39, 0.29) is 29.0 Å². The number of carbonyl (C=O) groups is 2. The smallest absolute Gasteiger partial charge is 0.317 e. The van der Waals surface area contributed by atoms with E-state index in [1.807, 2.05) is 23.3 Å². The third-order valence-electron chi connectivity index (χ3n) is 7.13. The van der Waals surface area contributed by atoms with Crippen LogP contribution in [0.15, 0.2) is 11.0 Å². The van der Waals surface area contributed by atoms with Gasteiger partial charge in [0.25, 0.3) is 11.5 Å². The second-order valence-electron chi connectivity index (χ2n) is 10.0. The second-order valence-corrected chi connectivity index (χ2v) is 10.0. The zero-order chi connectivity index (χ0) is 23.6. The van der Waals surface area contributed by atoms with Crippen molar-refractivity contribution in [1.82, 2.24) is 34.9 Å². The monoisotopic (exact) mass is 459 g/mol. The highest BCUT2D eigenvalue weighted by Gasteiger charge is 2.47. The molecule has 3 aliphatic rings. The molecule has 3 amide bonds. The molecule has 0 aromatic carbocycles. The van der Waals surface area contributed by atoms with E-state index in [1.54, 1.807) is 6.20 Å². The average Bonchev–Trinajstić information content (AvgIpc) is 3.36. The molecule has 33 heavy (non-hydrogen) atoms. The summed E-state index contributed by atoms with van der Waals surface area (Å²) in [6.07, 6.45) is 4.11. The Kier molecular flexibility index (Phi) is 7.04. The van der Waals surface area contributed by atoms with Crippen LogP contribution in [0.25, 0.3) is 0 Å². The standard InChI is InChI=1S/C23H37N7O3/c1-17(2)25-22(33)30-10-6-23(16-30)5-9-29-15-18(20(32)26-21(23)29)19(31)24-7-4-8-28-13-11-27(3)12-14-28/h15,17H,4-14,16H2,1-3H3,(H,24,31)(H,25,33). The van der Waals surface area contributed by atoms with Gasteiger partial charge in [-0.05, 0) is 46.7 Å². The molecule has 0 bridgehead atoms. The highest BCUT2D eigenvalue weighted by Crippen LogP contribution is 2.41. The third-order valence-corrected chi connectivity index (χ3v) is 7.13. The first-order valence-electron chi connectivity index (χ1n) is 12.1. The number of hydrogen-bond donors (Lipinski definition) is 2. The van der Waals surface area contributed by atoms with Crippen molar-refractivity contribution < 1.29 is 9.59 Å². The topological polar surface area (TPSA) is 103 Å². The molecule has 3 aliphatic heterocycles. The number of urea groups is 1. The summed E-state index contributed by atoms with van der Waals surface area (Å²) in [6, 6.07) is 0.00327. The third kappa shape index (κ3) is 5.22. The zero-order valence-electron chi connectivity index (χ0n) is 20.1. The highest BCUT2D eigenvalue weighted by atomic mass is 16.2. The van der Waals surface area contributed by atoms with E-state index in [9.17, 15) is 14.4 Å². The first kappa shape index (κ1) is 23.7. The van der Waals surface area contributed by atoms with Gasteiger partial charge in [-0.2, -0.15) is 4.98 Å². The quantitative estimate of drug-likeness (QED) is 0.584. The van der Waals surface area contributed by atoms with Crippen LogP contribution in [0.1, 0.15) is 49.3 Å². The summed E-state index contributed by atoms with van der Waals surface area (Å²) in [5.74, 6) is 0.352. The highest BCUT2D eigenvalue weighted by molar-refractivity contribution is 5.93. The van der Waals surface area contributed by atoms with Crippen molar-refractivity contribution in [3.05, 3.63) is 27.9 Å². The Labute approximate surface area is 195 Å². The zero-order valence-corrected chi connectivity index (χ0v) is 20.1. The molecule has 182 valence electrons. The van der Waals surface area contributed by atoms with Crippen LogP contribution in [0.4, 0.5) is 4.79 Å². The molecule has 2 saturated heterocycles. The maximum Gasteiger partial charge on any atom is 0.317 e. The molecular weight excluding hydrogens is 422 g/mol. The van der Waals surface area contributed by atoms with Crippen molar-refractivity contribution in [2.24, 2.45) is 0 Å². The van der Waals surface area contributed by atoms with Crippen molar-refractivity contribution in [2.75, 3.05) is 59.4 Å². The Balaban J connectivity index is 1.34. The van der Waals surface area contributed by atoms with Gasteiger partial charge in [0.2, 0.25) is 0 Å². The molecule has 1 aromatic heterocycles. The fourth-order valence-electron chi connectivity index (χ4n) is 5.13. The van der Waals surface area contributed by atoms with E-state index in [0.29, 0.717) is 32.0 Å². The van der Waals surface area contributed by atoms with Crippen LogP contribution >= 0.6 is 0 Å². The molecule has 0 radical (unpaired) electrons. The van der Waals surface area contributed by atoms with Crippen LogP contribution in [0.2, 0.25) is 0 Å². The molecule has 1 aromatic rings. The van der Waals surface area contributed by atoms with Gasteiger partial charge < -0.3 is 29.9 Å². The molecule has 4 heterocycles. The fourth-order valence-corrected chi connectivity index (χ4v) is 5.13. The number of fused-ring (bicyclic) bond motifs is 2. The van der Waals surface area contributed by atoms with Gasteiger partial charge in [0.1, 0.15) is 11.4 Å². The van der Waals surface area contributed by atoms with Gasteiger partial charge in [-0.1, -0.05) is 0 Å². The Bertz CT molecular complexity index is 938. The van der Waals surface area contributed by atoms with Gasteiger partial charge in [-0.15, -0.1) is 0 Å². The molecule has 10 heteroatoms. The summed E-state index contributed by atoms with van der Waals surface area (Å²) in [7, 11) is 2.13. The summed E-state index contributed by atoms with van der Waals surface area (Å²) in [6.45, 7) is 11.5. The van der Waals surface area contributed by atoms with E-state index in [0.717, 1.165) is 52.0 Å². The molecular formula is C23H37N7O3. The maximum absolute atomic E-state index is 12.7. The molecule has 1 spiro atoms. The number of hydrogen-bond acceptors (Lipinski definition) is 6. The van der Waals surface area contributed by atoms with Crippen LogP contribution in [-0.2, 0) is 12.0 Å². The first-order chi connectivity index (χ1) is 15.8. The van der Waals surface area contributed by atoms with Gasteiger partial charge >= 0.3 is 6.03 Å². The lowest BCUT2D eigenvalue weighted by molar-refractivity contribution is 0.0947. The average molecular weight is 460 g/mol. The Morgan fingerprint density at radius 3 is 2.58 bits per heavy atom. The van der Waals surface area contributed by atoms with Crippen molar-refractivity contribution in [2.45, 2.75) is 51.1 Å². The minimum absolute atomic E-state index is 0.0738. The number of rotatable bonds is 6. The van der Waals surface area contributed by atoms with E-state index in [2.05, 4.69) is 32.5 Å². The summed E-state index contributed by atoms with van der Waals surface area (Å²) in [5.41, 5.74) is -0.683. The Morgan fingerprint density at radius 2 is 1.85 bits per heavy atom. The van der Waals surface area contributed by atoms with E-state index < -0.39 is 5.56 Å². The number of nitrogens with one attached hydrogen (secondary N) is 2. The van der Waals surface area contributed by atoms with Crippen LogP contribution in [-0.4, -0.2) is 102 Å². The summed E-state index contributed by atoms with van der Waals surface area (Å²) >= 11 is 0. The lowest BCUT2D eigenvalue weighted by Gasteiger charge is -2.32. The predicted molar refractivity (Wildman–Crippen MR) is 126 cm³/mol. The molecule has 4 rings (SSSR count). The summed E-state index contributed by atoms with van der Waals surface area (Å²) in [4.78, 5) is 48.7. The van der Waals surface area contributed by atoms with Crippen molar-refractivity contribution >= 4 is 11.9 Å². The van der Waals surface area contributed by atoms with Crippen LogP contribution in [0.3, 0.4) is 0 Å². The second kappa shape index (κ2) is 9.80. The number of nitrogens with zero attached hydrogens (tertiary/aromatic N) is 5. The SMILES string of the molecule is CC(C)NC(=O)N1CCC2(CCn3cc(C(=O)NCCCN4CCN(C)CC4)c(=O)nc32)C1. The lowest BCUT2D eigenvalue weighted by atomic mass is 9.85. The van der Waals surface area contributed by atoms with Gasteiger partial charge in [-0.3, -0.25) is 9.59 Å². The van der Waals surface area contributed by atoms with Crippen LogP contribution in [0.5, 0.6) is 0 Å². The normalized spacial score (nSPS) is 23.3. The first-order valence-corrected chi connectivity index (χ1v) is 12.1. The van der Waals surface area contributed by atoms with Gasteiger partial charge in [0.15, 0.2) is 0 Å². The van der Waals surface area contributed by atoms with Crippen molar-refractivity contribution in [3.63, 3.8) is 0 Å². The Hall–Kier alpha value is -2.46. The van der Waals surface area contributed by atoms with Gasteiger partial charge in [-0.25, -0.2) is 4.79 Å². The molecule has 0 aliphatic carbocycles. The molecule has 10 nitrogen and oxygen atoms in total. The maximum atomic E-state index is 12.7. The molecule has 0 saturated carbocycles. The van der Waals surface area contributed by atoms with Crippen LogP contribution in [0, 0.1) is 0 Å².